The van der Waals surface area contributed by atoms with Crippen LogP contribution in [0.2, 0.25) is 0 Å². The maximum Gasteiger partial charge on any atom is 0.255 e. The van der Waals surface area contributed by atoms with Crippen LogP contribution in [0.15, 0.2) is 88.9 Å². The maximum atomic E-state index is 12.4. The molecule has 0 fully saturated rings. The molecule has 2 amide bonds. The third kappa shape index (κ3) is 6.55. The Morgan fingerprint density at radius 1 is 0.903 bits per heavy atom. The lowest BCUT2D eigenvalue weighted by Gasteiger charge is -2.11. The van der Waals surface area contributed by atoms with Crippen LogP contribution in [-0.2, 0) is 4.79 Å². The summed E-state index contributed by atoms with van der Waals surface area (Å²) >= 11 is 1.49. The zero-order chi connectivity index (χ0) is 22.2. The average molecular weight is 432 g/mol. The lowest BCUT2D eigenvalue weighted by atomic mass is 10.1. The molecule has 0 radical (unpaired) electrons. The smallest absolute Gasteiger partial charge is 0.255 e. The van der Waals surface area contributed by atoms with Gasteiger partial charge in [-0.05, 0) is 62.7 Å². The first-order valence-corrected chi connectivity index (χ1v) is 10.8. The number of thioether (sulfide) groups is 1. The van der Waals surface area contributed by atoms with E-state index in [1.54, 1.807) is 12.1 Å². The SMILES string of the molecule is C/C(=N/NC(=O)[C@@H](C)Sc1ccc(C)cc1)c1cccc(NC(=O)c2ccccc2)c1. The molecule has 31 heavy (non-hydrogen) atoms. The van der Waals surface area contributed by atoms with Crippen LogP contribution >= 0.6 is 11.8 Å². The van der Waals surface area contributed by atoms with Crippen LogP contribution in [-0.4, -0.2) is 22.8 Å². The van der Waals surface area contributed by atoms with Crippen LogP contribution in [0.5, 0.6) is 0 Å². The molecule has 0 aliphatic carbocycles. The average Bonchev–Trinajstić information content (AvgIpc) is 2.79. The number of rotatable bonds is 7. The summed E-state index contributed by atoms with van der Waals surface area (Å²) in [6, 6.07) is 24.5. The van der Waals surface area contributed by atoms with Crippen molar-refractivity contribution in [2.45, 2.75) is 30.9 Å². The Kier molecular flexibility index (Phi) is 7.62. The minimum Gasteiger partial charge on any atom is -0.322 e. The van der Waals surface area contributed by atoms with E-state index in [0.29, 0.717) is 17.0 Å². The lowest BCUT2D eigenvalue weighted by Crippen LogP contribution is -2.27. The molecule has 0 saturated carbocycles. The summed E-state index contributed by atoms with van der Waals surface area (Å²) in [4.78, 5) is 25.8. The van der Waals surface area contributed by atoms with E-state index < -0.39 is 0 Å². The van der Waals surface area contributed by atoms with Gasteiger partial charge in [0.25, 0.3) is 11.8 Å². The van der Waals surface area contributed by atoms with Crippen molar-refractivity contribution in [1.82, 2.24) is 5.43 Å². The van der Waals surface area contributed by atoms with Gasteiger partial charge < -0.3 is 5.32 Å². The number of nitrogens with zero attached hydrogens (tertiary/aromatic N) is 1. The Morgan fingerprint density at radius 2 is 1.58 bits per heavy atom. The highest BCUT2D eigenvalue weighted by Gasteiger charge is 2.14. The Labute approximate surface area is 187 Å². The molecule has 1 atom stereocenters. The van der Waals surface area contributed by atoms with Gasteiger partial charge in [-0.25, -0.2) is 5.43 Å². The Hall–Kier alpha value is -3.38. The number of carbonyl (C=O) groups excluding carboxylic acids is 2. The minimum atomic E-state index is -0.282. The molecule has 0 saturated heterocycles. The second-order valence-electron chi connectivity index (χ2n) is 7.15. The van der Waals surface area contributed by atoms with Crippen molar-refractivity contribution in [3.63, 3.8) is 0 Å². The number of amides is 2. The van der Waals surface area contributed by atoms with Gasteiger partial charge >= 0.3 is 0 Å². The summed E-state index contributed by atoms with van der Waals surface area (Å²) in [6.45, 7) is 5.70. The van der Waals surface area contributed by atoms with Crippen molar-refractivity contribution in [1.29, 1.82) is 0 Å². The molecule has 3 aromatic carbocycles. The number of aryl methyl sites for hydroxylation is 1. The molecule has 2 N–H and O–H groups in total. The predicted molar refractivity (Wildman–Crippen MR) is 128 cm³/mol. The minimum absolute atomic E-state index is 0.168. The van der Waals surface area contributed by atoms with Gasteiger partial charge in [0.1, 0.15) is 0 Å². The van der Waals surface area contributed by atoms with E-state index in [4.69, 9.17) is 0 Å². The molecule has 0 aliphatic rings. The number of anilines is 1. The van der Waals surface area contributed by atoms with Crippen LogP contribution in [0, 0.1) is 6.92 Å². The topological polar surface area (TPSA) is 70.6 Å². The van der Waals surface area contributed by atoms with Crippen LogP contribution in [0.3, 0.4) is 0 Å². The summed E-state index contributed by atoms with van der Waals surface area (Å²) in [7, 11) is 0. The van der Waals surface area contributed by atoms with Gasteiger partial charge in [0, 0.05) is 16.1 Å². The van der Waals surface area contributed by atoms with E-state index in [-0.39, 0.29) is 17.1 Å². The fraction of sp³-hybridized carbons (Fsp3) is 0.160. The Bertz CT molecular complexity index is 1080. The van der Waals surface area contributed by atoms with Crippen molar-refractivity contribution < 1.29 is 9.59 Å². The molecule has 3 aromatic rings. The predicted octanol–water partition coefficient (Wildman–Crippen LogP) is 5.27. The van der Waals surface area contributed by atoms with E-state index in [1.807, 2.05) is 87.5 Å². The van der Waals surface area contributed by atoms with Crippen molar-refractivity contribution >= 4 is 35.0 Å². The van der Waals surface area contributed by atoms with Crippen molar-refractivity contribution in [2.24, 2.45) is 5.10 Å². The van der Waals surface area contributed by atoms with Crippen LogP contribution in [0.4, 0.5) is 5.69 Å². The molecule has 158 valence electrons. The second-order valence-corrected chi connectivity index (χ2v) is 8.56. The normalized spacial score (nSPS) is 12.2. The lowest BCUT2D eigenvalue weighted by molar-refractivity contribution is -0.120. The number of nitrogens with one attached hydrogen (secondary N) is 2. The third-order valence-electron chi connectivity index (χ3n) is 4.61. The molecule has 0 aliphatic heterocycles. The van der Waals surface area contributed by atoms with Crippen LogP contribution in [0.1, 0.15) is 35.3 Å². The highest BCUT2D eigenvalue weighted by atomic mass is 32.2. The van der Waals surface area contributed by atoms with Gasteiger partial charge in [0.15, 0.2) is 0 Å². The number of benzene rings is 3. The fourth-order valence-electron chi connectivity index (χ4n) is 2.78. The van der Waals surface area contributed by atoms with Gasteiger partial charge in [-0.3, -0.25) is 9.59 Å². The summed E-state index contributed by atoms with van der Waals surface area (Å²) in [5.41, 5.74) is 6.53. The van der Waals surface area contributed by atoms with Crippen LogP contribution in [0.25, 0.3) is 0 Å². The maximum absolute atomic E-state index is 12.4. The van der Waals surface area contributed by atoms with E-state index in [9.17, 15) is 9.59 Å². The first-order valence-electron chi connectivity index (χ1n) is 9.96. The summed E-state index contributed by atoms with van der Waals surface area (Å²) in [5.74, 6) is -0.346. The van der Waals surface area contributed by atoms with Crippen molar-refractivity contribution in [3.05, 3.63) is 95.6 Å². The van der Waals surface area contributed by atoms with E-state index in [1.165, 1.54) is 17.3 Å². The van der Waals surface area contributed by atoms with Crippen LogP contribution < -0.4 is 10.7 Å². The molecular formula is C25H25N3O2S. The molecule has 0 spiro atoms. The highest BCUT2D eigenvalue weighted by Crippen LogP contribution is 2.23. The Morgan fingerprint density at radius 3 is 2.29 bits per heavy atom. The zero-order valence-corrected chi connectivity index (χ0v) is 18.6. The standard InChI is InChI=1S/C25H25N3O2S/c1-17-12-14-23(15-13-17)31-19(3)24(29)28-27-18(2)21-10-7-11-22(16-21)26-25(30)20-8-5-4-6-9-20/h4-16,19H,1-3H3,(H,26,30)(H,28,29)/b27-18-/t19-/m1/s1. The Balaban J connectivity index is 1.60. The largest absolute Gasteiger partial charge is 0.322 e. The van der Waals surface area contributed by atoms with Gasteiger partial charge in [-0.2, -0.15) is 5.10 Å². The van der Waals surface area contributed by atoms with Gasteiger partial charge in [0.05, 0.1) is 11.0 Å². The number of carbonyl (C=O) groups is 2. The molecule has 0 unspecified atom stereocenters. The second kappa shape index (κ2) is 10.6. The summed E-state index contributed by atoms with van der Waals surface area (Å²) in [5, 5.41) is 6.84. The van der Waals surface area contributed by atoms with Gasteiger partial charge in [-0.15, -0.1) is 11.8 Å². The van der Waals surface area contributed by atoms with Gasteiger partial charge in [0.2, 0.25) is 0 Å². The first kappa shape index (κ1) is 22.3. The molecule has 3 rings (SSSR count). The monoisotopic (exact) mass is 431 g/mol. The quantitative estimate of drug-likeness (QED) is 0.304. The zero-order valence-electron chi connectivity index (χ0n) is 17.8. The van der Waals surface area contributed by atoms with E-state index in [0.717, 1.165) is 10.5 Å². The van der Waals surface area contributed by atoms with E-state index >= 15 is 0 Å². The molecular weight excluding hydrogens is 406 g/mol. The van der Waals surface area contributed by atoms with E-state index in [2.05, 4.69) is 15.8 Å². The molecule has 0 heterocycles. The highest BCUT2D eigenvalue weighted by molar-refractivity contribution is 8.00. The van der Waals surface area contributed by atoms with Gasteiger partial charge in [-0.1, -0.05) is 48.0 Å². The number of hydrazone groups is 1. The summed E-state index contributed by atoms with van der Waals surface area (Å²) in [6.07, 6.45) is 0. The first-order chi connectivity index (χ1) is 14.9. The van der Waals surface area contributed by atoms with Crippen molar-refractivity contribution in [3.8, 4) is 0 Å². The molecule has 6 heteroatoms. The summed E-state index contributed by atoms with van der Waals surface area (Å²) < 4.78 is 0. The number of hydrogen-bond donors (Lipinski definition) is 2. The van der Waals surface area contributed by atoms with Crippen molar-refractivity contribution in [2.75, 3.05) is 5.32 Å². The molecule has 0 aromatic heterocycles. The molecule has 5 nitrogen and oxygen atoms in total. The molecule has 0 bridgehead atoms. The number of hydrogen-bond acceptors (Lipinski definition) is 4. The fourth-order valence-corrected chi connectivity index (χ4v) is 3.64. The third-order valence-corrected chi connectivity index (χ3v) is 5.72.